The van der Waals surface area contributed by atoms with E-state index < -0.39 is 12.1 Å². The number of primary amides is 1. The van der Waals surface area contributed by atoms with Gasteiger partial charge in [-0.15, -0.1) is 0 Å². The van der Waals surface area contributed by atoms with Crippen LogP contribution in [0.4, 0.5) is 9.18 Å². The van der Waals surface area contributed by atoms with Crippen LogP contribution in [0.25, 0.3) is 22.2 Å². The van der Waals surface area contributed by atoms with Gasteiger partial charge in [0.25, 0.3) is 0 Å². The molecule has 0 unspecified atom stereocenters. The van der Waals surface area contributed by atoms with Gasteiger partial charge in [0.15, 0.2) is 0 Å². The molecule has 6 nitrogen and oxygen atoms in total. The Morgan fingerprint density at radius 2 is 2.07 bits per heavy atom. The van der Waals surface area contributed by atoms with Crippen molar-refractivity contribution in [3.63, 3.8) is 0 Å². The minimum absolute atomic E-state index is 0.195. The van der Waals surface area contributed by atoms with Crippen molar-refractivity contribution in [2.45, 2.75) is 32.4 Å². The molecular formula is C22H23FN4O2. The van der Waals surface area contributed by atoms with E-state index in [1.54, 1.807) is 12.1 Å². The molecule has 0 aliphatic carbocycles. The summed E-state index contributed by atoms with van der Waals surface area (Å²) in [5.74, 6) is -0.468. The molecule has 1 aromatic heterocycles. The van der Waals surface area contributed by atoms with Gasteiger partial charge in [0.05, 0.1) is 5.69 Å². The summed E-state index contributed by atoms with van der Waals surface area (Å²) in [5, 5.41) is 3.88. The van der Waals surface area contributed by atoms with E-state index in [9.17, 15) is 14.0 Å². The Labute approximate surface area is 167 Å². The molecule has 1 aliphatic rings. The van der Waals surface area contributed by atoms with Gasteiger partial charge in [0.1, 0.15) is 11.9 Å². The van der Waals surface area contributed by atoms with Crippen LogP contribution < -0.4 is 11.1 Å². The normalized spacial score (nSPS) is 16.3. The molecule has 4 N–H and O–H groups in total. The minimum atomic E-state index is -0.562. The van der Waals surface area contributed by atoms with Crippen molar-refractivity contribution in [3.8, 4) is 11.3 Å². The molecule has 3 aromatic rings. The highest BCUT2D eigenvalue weighted by molar-refractivity contribution is 5.91. The molecule has 150 valence electrons. The van der Waals surface area contributed by atoms with Crippen molar-refractivity contribution in [3.05, 3.63) is 59.4 Å². The highest BCUT2D eigenvalue weighted by Gasteiger charge is 2.32. The first kappa shape index (κ1) is 19.0. The van der Waals surface area contributed by atoms with E-state index >= 15 is 0 Å². The highest BCUT2D eigenvalue weighted by Crippen LogP contribution is 2.31. The van der Waals surface area contributed by atoms with Gasteiger partial charge in [-0.2, -0.15) is 0 Å². The number of likely N-dealkylation sites (tertiary alicyclic amines) is 1. The number of carbonyl (C=O) groups is 2. The highest BCUT2D eigenvalue weighted by atomic mass is 19.1. The van der Waals surface area contributed by atoms with Gasteiger partial charge >= 0.3 is 6.03 Å². The maximum Gasteiger partial charge on any atom is 0.315 e. The Balaban J connectivity index is 1.54. The number of nitrogens with one attached hydrogen (secondary N) is 2. The molecule has 2 aromatic carbocycles. The number of rotatable bonds is 4. The zero-order valence-electron chi connectivity index (χ0n) is 16.2. The fourth-order valence-electron chi connectivity index (χ4n) is 4.03. The molecule has 1 saturated heterocycles. The molecule has 4 rings (SSSR count). The molecule has 29 heavy (non-hydrogen) atoms. The average molecular weight is 394 g/mol. The molecule has 0 saturated carbocycles. The first-order valence-corrected chi connectivity index (χ1v) is 9.65. The van der Waals surface area contributed by atoms with E-state index in [0.29, 0.717) is 25.1 Å². The van der Waals surface area contributed by atoms with Crippen molar-refractivity contribution < 1.29 is 14.0 Å². The van der Waals surface area contributed by atoms with Crippen LogP contribution in [-0.4, -0.2) is 34.4 Å². The number of benzene rings is 2. The number of carbonyl (C=O) groups excluding carboxylic acids is 2. The second-order valence-electron chi connectivity index (χ2n) is 7.39. The number of nitrogens with two attached hydrogens (primary N) is 1. The number of halogens is 1. The van der Waals surface area contributed by atoms with Gasteiger partial charge in [-0.05, 0) is 55.2 Å². The summed E-state index contributed by atoms with van der Waals surface area (Å²) in [5.41, 5.74) is 9.42. The van der Waals surface area contributed by atoms with Crippen LogP contribution >= 0.6 is 0 Å². The van der Waals surface area contributed by atoms with Crippen LogP contribution in [0.5, 0.6) is 0 Å². The lowest BCUT2D eigenvalue weighted by atomic mass is 10.0. The van der Waals surface area contributed by atoms with Crippen LogP contribution in [0.2, 0.25) is 0 Å². The van der Waals surface area contributed by atoms with Crippen molar-refractivity contribution in [2.75, 3.05) is 6.54 Å². The first-order valence-electron chi connectivity index (χ1n) is 9.65. The Bertz CT molecular complexity index is 1090. The third-order valence-electron chi connectivity index (χ3n) is 5.57. The predicted molar refractivity (Wildman–Crippen MR) is 110 cm³/mol. The Morgan fingerprint density at radius 1 is 1.28 bits per heavy atom. The van der Waals surface area contributed by atoms with E-state index in [1.807, 2.05) is 31.2 Å². The lowest BCUT2D eigenvalue weighted by Crippen LogP contribution is -2.47. The Kier molecular flexibility index (Phi) is 4.96. The predicted octanol–water partition coefficient (Wildman–Crippen LogP) is 3.44. The zero-order chi connectivity index (χ0) is 20.5. The van der Waals surface area contributed by atoms with Gasteiger partial charge in [0, 0.05) is 29.6 Å². The van der Waals surface area contributed by atoms with Crippen LogP contribution in [-0.2, 0) is 11.3 Å². The second kappa shape index (κ2) is 7.58. The molecule has 3 amide bonds. The number of aromatic amines is 1. The maximum atomic E-state index is 14.2. The average Bonchev–Trinajstić information content (AvgIpc) is 3.32. The Morgan fingerprint density at radius 3 is 2.83 bits per heavy atom. The number of H-pyrrole nitrogens is 1. The molecule has 0 bridgehead atoms. The lowest BCUT2D eigenvalue weighted by Gasteiger charge is -2.21. The van der Waals surface area contributed by atoms with Gasteiger partial charge in [0.2, 0.25) is 5.91 Å². The number of aromatic nitrogens is 1. The minimum Gasteiger partial charge on any atom is -0.354 e. The van der Waals surface area contributed by atoms with Crippen LogP contribution in [0.1, 0.15) is 24.0 Å². The summed E-state index contributed by atoms with van der Waals surface area (Å²) >= 11 is 0. The number of hydrogen-bond donors (Lipinski definition) is 3. The largest absolute Gasteiger partial charge is 0.354 e. The van der Waals surface area contributed by atoms with Gasteiger partial charge in [-0.25, -0.2) is 9.18 Å². The summed E-state index contributed by atoms with van der Waals surface area (Å²) in [6.45, 7) is 2.81. The van der Waals surface area contributed by atoms with E-state index in [2.05, 4.69) is 10.3 Å². The van der Waals surface area contributed by atoms with Crippen LogP contribution in [0, 0.1) is 12.7 Å². The standard InChI is InChI=1S/C22H23FN4O2/c1-13-16-11-14(12-25-21(28)19-7-4-10-27(19)22(24)29)8-9-18(16)26-20(13)15-5-2-3-6-17(15)23/h2-3,5-6,8-9,11,19,26H,4,7,10,12H2,1H3,(H2,24,29)(H,25,28)/t19-/m0/s1. The van der Waals surface area contributed by atoms with E-state index in [-0.39, 0.29) is 11.7 Å². The molecule has 7 heteroatoms. The zero-order valence-corrected chi connectivity index (χ0v) is 16.2. The Hall–Kier alpha value is -3.35. The van der Waals surface area contributed by atoms with Crippen molar-refractivity contribution in [1.82, 2.24) is 15.2 Å². The maximum absolute atomic E-state index is 14.2. The summed E-state index contributed by atoms with van der Waals surface area (Å²) in [6.07, 6.45) is 1.39. The summed E-state index contributed by atoms with van der Waals surface area (Å²) in [4.78, 5) is 28.6. The monoisotopic (exact) mass is 394 g/mol. The van der Waals surface area contributed by atoms with E-state index in [0.717, 1.165) is 34.1 Å². The van der Waals surface area contributed by atoms with E-state index in [4.69, 9.17) is 5.73 Å². The topological polar surface area (TPSA) is 91.2 Å². The number of fused-ring (bicyclic) bond motifs is 1. The molecule has 0 radical (unpaired) electrons. The first-order chi connectivity index (χ1) is 14.0. The lowest BCUT2D eigenvalue weighted by molar-refractivity contribution is -0.124. The molecule has 1 aliphatic heterocycles. The van der Waals surface area contributed by atoms with Crippen molar-refractivity contribution in [2.24, 2.45) is 5.73 Å². The third-order valence-corrected chi connectivity index (χ3v) is 5.57. The van der Waals surface area contributed by atoms with E-state index in [1.165, 1.54) is 11.0 Å². The molecule has 0 spiro atoms. The van der Waals surface area contributed by atoms with Crippen molar-refractivity contribution in [1.29, 1.82) is 0 Å². The third kappa shape index (κ3) is 3.55. The number of amides is 3. The van der Waals surface area contributed by atoms with Gasteiger partial charge in [-0.3, -0.25) is 4.79 Å². The number of hydrogen-bond acceptors (Lipinski definition) is 2. The molecular weight excluding hydrogens is 371 g/mol. The summed E-state index contributed by atoms with van der Waals surface area (Å²) < 4.78 is 14.2. The molecule has 2 heterocycles. The SMILES string of the molecule is Cc1c(-c2ccccc2F)[nH]c2ccc(CNC(=O)[C@@H]3CCCN3C(N)=O)cc12. The fraction of sp³-hybridized carbons (Fsp3) is 0.273. The van der Waals surface area contributed by atoms with Crippen molar-refractivity contribution >= 4 is 22.8 Å². The number of urea groups is 1. The van der Waals surface area contributed by atoms with Crippen LogP contribution in [0.15, 0.2) is 42.5 Å². The fourth-order valence-corrected chi connectivity index (χ4v) is 4.03. The van der Waals surface area contributed by atoms with Gasteiger partial charge < -0.3 is 20.9 Å². The smallest absolute Gasteiger partial charge is 0.315 e. The summed E-state index contributed by atoms with van der Waals surface area (Å²) in [6, 6.07) is 11.4. The molecule has 1 atom stereocenters. The van der Waals surface area contributed by atoms with Crippen LogP contribution in [0.3, 0.4) is 0 Å². The quantitative estimate of drug-likeness (QED) is 0.633. The number of nitrogens with zero attached hydrogens (tertiary/aromatic N) is 1. The van der Waals surface area contributed by atoms with Gasteiger partial charge in [-0.1, -0.05) is 18.2 Å². The number of aryl methyl sites for hydroxylation is 1. The molecule has 1 fully saturated rings. The summed E-state index contributed by atoms with van der Waals surface area (Å²) in [7, 11) is 0. The second-order valence-corrected chi connectivity index (χ2v) is 7.39.